The largest absolute Gasteiger partial charge is 0.456 e. The molecular formula is C64H48N2O. The van der Waals surface area contributed by atoms with Crippen LogP contribution in [0, 0.1) is 0 Å². The second-order valence-electron chi connectivity index (χ2n) is 18.2. The maximum absolute atomic E-state index is 6.34. The Morgan fingerprint density at radius 1 is 0.403 bits per heavy atom. The van der Waals surface area contributed by atoms with E-state index in [9.17, 15) is 0 Å². The Hall–Kier alpha value is -8.14. The van der Waals surface area contributed by atoms with E-state index in [1.165, 1.54) is 92.5 Å². The average molecular weight is 861 g/mol. The molecule has 3 heteroatoms. The van der Waals surface area contributed by atoms with Crippen molar-refractivity contribution in [2.75, 3.05) is 4.90 Å². The van der Waals surface area contributed by atoms with Crippen LogP contribution >= 0.6 is 0 Å². The third-order valence-electron chi connectivity index (χ3n) is 14.4. The van der Waals surface area contributed by atoms with Gasteiger partial charge in [0, 0.05) is 44.2 Å². The molecule has 2 heterocycles. The van der Waals surface area contributed by atoms with Crippen LogP contribution in [0.5, 0.6) is 0 Å². The second-order valence-corrected chi connectivity index (χ2v) is 18.2. The van der Waals surface area contributed by atoms with E-state index in [0.29, 0.717) is 5.92 Å². The molecule has 1 saturated carbocycles. The molecule has 1 aliphatic carbocycles. The first-order valence-electron chi connectivity index (χ1n) is 23.9. The van der Waals surface area contributed by atoms with E-state index in [-0.39, 0.29) is 0 Å². The van der Waals surface area contributed by atoms with Crippen molar-refractivity contribution in [2.24, 2.45) is 0 Å². The highest BCUT2D eigenvalue weighted by Crippen LogP contribution is 2.47. The smallest absolute Gasteiger partial charge is 0.136 e. The fraction of sp³-hybridized carbons (Fsp3) is 0.0938. The molecule has 13 rings (SSSR count). The van der Waals surface area contributed by atoms with Crippen molar-refractivity contribution >= 4 is 71.6 Å². The fourth-order valence-corrected chi connectivity index (χ4v) is 11.3. The Labute approximate surface area is 390 Å². The van der Waals surface area contributed by atoms with E-state index < -0.39 is 0 Å². The Morgan fingerprint density at radius 2 is 1.07 bits per heavy atom. The Morgan fingerprint density at radius 3 is 1.96 bits per heavy atom. The summed E-state index contributed by atoms with van der Waals surface area (Å²) in [5.74, 6) is 0.570. The lowest BCUT2D eigenvalue weighted by atomic mass is 9.80. The minimum Gasteiger partial charge on any atom is -0.456 e. The van der Waals surface area contributed by atoms with Crippen molar-refractivity contribution in [2.45, 2.75) is 38.0 Å². The number of rotatable bonds is 8. The van der Waals surface area contributed by atoms with Crippen molar-refractivity contribution in [1.29, 1.82) is 0 Å². The molecule has 0 radical (unpaired) electrons. The zero-order valence-electron chi connectivity index (χ0n) is 37.3. The van der Waals surface area contributed by atoms with Crippen LogP contribution in [-0.2, 0) is 0 Å². The average Bonchev–Trinajstić information content (AvgIpc) is 3.95. The molecule has 0 N–H and O–H groups in total. The molecule has 2 aromatic heterocycles. The van der Waals surface area contributed by atoms with Gasteiger partial charge in [0.15, 0.2) is 0 Å². The van der Waals surface area contributed by atoms with Crippen LogP contribution in [0.25, 0.3) is 93.6 Å². The van der Waals surface area contributed by atoms with E-state index in [2.05, 4.69) is 222 Å². The molecule has 0 saturated heterocycles. The zero-order chi connectivity index (χ0) is 44.3. The van der Waals surface area contributed by atoms with Gasteiger partial charge in [0.2, 0.25) is 0 Å². The van der Waals surface area contributed by atoms with Gasteiger partial charge < -0.3 is 13.9 Å². The number of benzene rings is 10. The molecule has 320 valence electrons. The summed E-state index contributed by atoms with van der Waals surface area (Å²) in [5.41, 5.74) is 17.3. The van der Waals surface area contributed by atoms with Gasteiger partial charge in [-0.05, 0) is 136 Å². The molecular weight excluding hydrogens is 813 g/mol. The van der Waals surface area contributed by atoms with Gasteiger partial charge in [0.1, 0.15) is 11.2 Å². The van der Waals surface area contributed by atoms with Crippen LogP contribution in [0.1, 0.15) is 43.6 Å². The topological polar surface area (TPSA) is 21.3 Å². The third-order valence-corrected chi connectivity index (χ3v) is 14.4. The lowest BCUT2D eigenvalue weighted by Crippen LogP contribution is -2.11. The van der Waals surface area contributed by atoms with Gasteiger partial charge in [-0.25, -0.2) is 0 Å². The minimum atomic E-state index is 0.570. The lowest BCUT2D eigenvalue weighted by molar-refractivity contribution is 0.445. The summed E-state index contributed by atoms with van der Waals surface area (Å²) in [4.78, 5) is 2.47. The van der Waals surface area contributed by atoms with Crippen LogP contribution in [0.4, 0.5) is 17.1 Å². The molecule has 0 bridgehead atoms. The van der Waals surface area contributed by atoms with Crippen LogP contribution in [0.2, 0.25) is 0 Å². The maximum Gasteiger partial charge on any atom is 0.136 e. The van der Waals surface area contributed by atoms with Gasteiger partial charge in [-0.1, -0.05) is 171 Å². The lowest BCUT2D eigenvalue weighted by Gasteiger charge is -2.29. The van der Waals surface area contributed by atoms with E-state index in [0.717, 1.165) is 55.8 Å². The van der Waals surface area contributed by atoms with E-state index in [4.69, 9.17) is 4.42 Å². The standard InChI is InChI=1S/C64H48N2O/c1-3-17-44(18-4-1)51-28-14-19-45-20-15-30-56(63(45)51)53-25-7-10-31-58(53)65(49-38-35-43(36-39-49)46-37-40-55-54-26-9-12-34-61(54)67-62(55)42-46)50-24-13-21-47(41-50)52-29-16-33-60-64(52)57-27-8-11-32-59(57)66(60)48-22-5-2-6-23-48/h2,5-16,19-42,44H,1,3-4,17-18H2. The third kappa shape index (κ3) is 6.72. The summed E-state index contributed by atoms with van der Waals surface area (Å²) in [5, 5.41) is 7.46. The number of hydrogen-bond donors (Lipinski definition) is 0. The first-order chi connectivity index (χ1) is 33.2. The molecule has 0 atom stereocenters. The van der Waals surface area contributed by atoms with E-state index in [1.54, 1.807) is 0 Å². The van der Waals surface area contributed by atoms with Gasteiger partial charge in [-0.2, -0.15) is 0 Å². The molecule has 10 aromatic carbocycles. The quantitative estimate of drug-likeness (QED) is 0.152. The number of anilines is 3. The van der Waals surface area contributed by atoms with E-state index in [1.807, 2.05) is 12.1 Å². The number of furan rings is 1. The summed E-state index contributed by atoms with van der Waals surface area (Å²) in [7, 11) is 0. The Kier molecular flexibility index (Phi) is 9.60. The highest BCUT2D eigenvalue weighted by atomic mass is 16.3. The fourth-order valence-electron chi connectivity index (χ4n) is 11.3. The number of hydrogen-bond acceptors (Lipinski definition) is 2. The van der Waals surface area contributed by atoms with Crippen LogP contribution < -0.4 is 4.90 Å². The minimum absolute atomic E-state index is 0.570. The van der Waals surface area contributed by atoms with Crippen LogP contribution in [0.15, 0.2) is 229 Å². The molecule has 12 aromatic rings. The van der Waals surface area contributed by atoms with Crippen LogP contribution in [-0.4, -0.2) is 4.57 Å². The molecule has 67 heavy (non-hydrogen) atoms. The van der Waals surface area contributed by atoms with Gasteiger partial charge in [-0.15, -0.1) is 0 Å². The van der Waals surface area contributed by atoms with Crippen molar-refractivity contribution in [3.63, 3.8) is 0 Å². The molecule has 0 spiro atoms. The van der Waals surface area contributed by atoms with Gasteiger partial charge in [0.25, 0.3) is 0 Å². The monoisotopic (exact) mass is 860 g/mol. The van der Waals surface area contributed by atoms with Crippen molar-refractivity contribution in [3.8, 4) is 39.1 Å². The first kappa shape index (κ1) is 39.2. The molecule has 0 aliphatic heterocycles. The number of fused-ring (bicyclic) bond motifs is 7. The zero-order valence-corrected chi connectivity index (χ0v) is 37.3. The van der Waals surface area contributed by atoms with Crippen LogP contribution in [0.3, 0.4) is 0 Å². The highest BCUT2D eigenvalue weighted by molar-refractivity contribution is 6.16. The normalized spacial score (nSPS) is 13.3. The summed E-state index contributed by atoms with van der Waals surface area (Å²) >= 11 is 0. The Bertz CT molecular complexity index is 3790. The van der Waals surface area contributed by atoms with Crippen molar-refractivity contribution in [3.05, 3.63) is 230 Å². The summed E-state index contributed by atoms with van der Waals surface area (Å²) in [6.07, 6.45) is 6.43. The van der Waals surface area contributed by atoms with Crippen molar-refractivity contribution in [1.82, 2.24) is 4.57 Å². The first-order valence-corrected chi connectivity index (χ1v) is 23.9. The summed E-state index contributed by atoms with van der Waals surface area (Å²) in [6.45, 7) is 0. The maximum atomic E-state index is 6.34. The highest BCUT2D eigenvalue weighted by Gasteiger charge is 2.24. The van der Waals surface area contributed by atoms with Gasteiger partial charge in [-0.3, -0.25) is 0 Å². The molecule has 1 fully saturated rings. The number of aromatic nitrogens is 1. The number of nitrogens with zero attached hydrogens (tertiary/aromatic N) is 2. The SMILES string of the molecule is c1ccc(-n2c3ccccc3c3c(-c4cccc(N(c5ccc(-c6ccc7c(c6)oc6ccccc67)cc5)c5ccccc5-c5cccc6cccc(C7CCCCC7)c56)c4)cccc32)cc1. The van der Waals surface area contributed by atoms with Gasteiger partial charge in [0.05, 0.1) is 16.7 Å². The van der Waals surface area contributed by atoms with Gasteiger partial charge >= 0.3 is 0 Å². The van der Waals surface area contributed by atoms with Crippen molar-refractivity contribution < 1.29 is 4.42 Å². The molecule has 0 unspecified atom stereocenters. The predicted molar refractivity (Wildman–Crippen MR) is 282 cm³/mol. The molecule has 3 nitrogen and oxygen atoms in total. The molecule has 1 aliphatic rings. The summed E-state index contributed by atoms with van der Waals surface area (Å²) < 4.78 is 8.74. The Balaban J connectivity index is 0.994. The second kappa shape index (κ2) is 16.4. The molecule has 0 amide bonds. The predicted octanol–water partition coefficient (Wildman–Crippen LogP) is 18.4. The van der Waals surface area contributed by atoms with E-state index >= 15 is 0 Å². The number of para-hydroxylation sites is 4. The summed E-state index contributed by atoms with van der Waals surface area (Å²) in [6, 6.07) is 82.3.